The molecule has 38 heavy (non-hydrogen) atoms. The van der Waals surface area contributed by atoms with Gasteiger partial charge in [0.2, 0.25) is 0 Å². The number of benzene rings is 2. The number of fused-ring (bicyclic) bond motifs is 1. The average molecular weight is 513 g/mol. The first-order chi connectivity index (χ1) is 18.4. The van der Waals surface area contributed by atoms with Gasteiger partial charge in [-0.05, 0) is 71.1 Å². The molecule has 8 heteroatoms. The molecule has 0 spiro atoms. The van der Waals surface area contributed by atoms with Crippen molar-refractivity contribution in [2.45, 2.75) is 39.8 Å². The summed E-state index contributed by atoms with van der Waals surface area (Å²) in [5, 5.41) is 3.59. The molecule has 0 bridgehead atoms. The van der Waals surface area contributed by atoms with E-state index < -0.39 is 0 Å². The lowest BCUT2D eigenvalue weighted by atomic mass is 10.1. The molecule has 3 heterocycles. The van der Waals surface area contributed by atoms with Crippen LogP contribution in [0.25, 0.3) is 28.2 Å². The zero-order valence-electron chi connectivity index (χ0n) is 23.3. The van der Waals surface area contributed by atoms with Gasteiger partial charge in [0.25, 0.3) is 0 Å². The van der Waals surface area contributed by atoms with Crippen LogP contribution in [0, 0.1) is 0 Å². The van der Waals surface area contributed by atoms with Gasteiger partial charge in [0.15, 0.2) is 22.8 Å². The molecule has 2 aromatic heterocycles. The third-order valence-corrected chi connectivity index (χ3v) is 7.41. The van der Waals surface area contributed by atoms with Crippen molar-refractivity contribution < 1.29 is 0 Å². The number of rotatable bonds is 9. The highest BCUT2D eigenvalue weighted by Gasteiger charge is 2.18. The lowest BCUT2D eigenvalue weighted by molar-refractivity contribution is 0.182. The van der Waals surface area contributed by atoms with Crippen LogP contribution in [0.3, 0.4) is 0 Å². The van der Waals surface area contributed by atoms with E-state index in [4.69, 9.17) is 15.0 Å². The fraction of sp³-hybridized carbons (Fsp3) is 0.433. The van der Waals surface area contributed by atoms with Crippen LogP contribution in [0.1, 0.15) is 27.7 Å². The summed E-state index contributed by atoms with van der Waals surface area (Å²) in [5.74, 6) is 1.47. The summed E-state index contributed by atoms with van der Waals surface area (Å²) in [6, 6.07) is 19.9. The minimum Gasteiger partial charge on any atom is -0.369 e. The van der Waals surface area contributed by atoms with Crippen LogP contribution in [0.2, 0.25) is 0 Å². The van der Waals surface area contributed by atoms with Crippen molar-refractivity contribution in [2.24, 2.45) is 0 Å². The molecule has 200 valence electrons. The Hall–Kier alpha value is -3.49. The first kappa shape index (κ1) is 26.1. The summed E-state index contributed by atoms with van der Waals surface area (Å²) in [6.07, 6.45) is 1.84. The third kappa shape index (κ3) is 5.66. The van der Waals surface area contributed by atoms with Crippen LogP contribution in [0.4, 0.5) is 11.5 Å². The Morgan fingerprint density at radius 1 is 0.842 bits per heavy atom. The largest absolute Gasteiger partial charge is 0.369 e. The van der Waals surface area contributed by atoms with E-state index in [9.17, 15) is 0 Å². The summed E-state index contributed by atoms with van der Waals surface area (Å²) in [7, 11) is 2.18. The smallest absolute Gasteiger partial charge is 0.170 e. The van der Waals surface area contributed by atoms with Crippen molar-refractivity contribution in [3.8, 4) is 17.1 Å². The van der Waals surface area contributed by atoms with E-state index >= 15 is 0 Å². The number of hydrogen-bond donors (Lipinski definition) is 1. The maximum atomic E-state index is 5.01. The Morgan fingerprint density at radius 3 is 2.18 bits per heavy atom. The third-order valence-electron chi connectivity index (χ3n) is 7.41. The van der Waals surface area contributed by atoms with E-state index in [1.807, 2.05) is 29.1 Å². The van der Waals surface area contributed by atoms with E-state index in [2.05, 4.69) is 91.2 Å². The molecule has 4 aromatic rings. The van der Waals surface area contributed by atoms with Gasteiger partial charge < -0.3 is 15.1 Å². The summed E-state index contributed by atoms with van der Waals surface area (Å²) in [6.45, 7) is 15.0. The summed E-state index contributed by atoms with van der Waals surface area (Å²) in [5.41, 5.74) is 4.86. The molecule has 5 rings (SSSR count). The Labute approximate surface area is 226 Å². The van der Waals surface area contributed by atoms with Crippen molar-refractivity contribution in [1.29, 1.82) is 0 Å². The van der Waals surface area contributed by atoms with Gasteiger partial charge >= 0.3 is 0 Å². The Kier molecular flexibility index (Phi) is 7.90. The van der Waals surface area contributed by atoms with Crippen molar-refractivity contribution in [3.05, 3.63) is 60.9 Å². The van der Waals surface area contributed by atoms with Gasteiger partial charge in [0, 0.05) is 68.3 Å². The molecular weight excluding hydrogens is 472 g/mol. The van der Waals surface area contributed by atoms with Gasteiger partial charge in [0.05, 0.1) is 0 Å². The number of imidazole rings is 1. The highest BCUT2D eigenvalue weighted by atomic mass is 15.2. The first-order valence-electron chi connectivity index (χ1n) is 13.7. The van der Waals surface area contributed by atoms with Crippen molar-refractivity contribution in [1.82, 2.24) is 29.3 Å². The minimum absolute atomic E-state index is 0.480. The molecule has 0 aliphatic carbocycles. The van der Waals surface area contributed by atoms with Crippen molar-refractivity contribution in [3.63, 3.8) is 0 Å². The maximum Gasteiger partial charge on any atom is 0.170 e. The van der Waals surface area contributed by atoms with E-state index in [1.54, 1.807) is 0 Å². The zero-order chi connectivity index (χ0) is 26.6. The summed E-state index contributed by atoms with van der Waals surface area (Å²) >= 11 is 0. The Morgan fingerprint density at radius 2 is 1.53 bits per heavy atom. The standard InChI is InChI=1S/C30H40N8/c1-22(2)37(23(3)4)16-15-31-29-27-30(38(21-32-27)26-9-7-6-8-10-26)34-28(33-29)24-11-13-25(14-12-24)36-19-17-35(5)18-20-36/h6-14,21-23H,15-20H2,1-5H3,(H,31,33,34). The molecule has 0 amide bonds. The van der Waals surface area contributed by atoms with E-state index in [0.29, 0.717) is 17.9 Å². The van der Waals surface area contributed by atoms with Crippen LogP contribution in [-0.4, -0.2) is 87.7 Å². The van der Waals surface area contributed by atoms with Crippen LogP contribution in [-0.2, 0) is 0 Å². The van der Waals surface area contributed by atoms with Gasteiger partial charge in [-0.25, -0.2) is 15.0 Å². The quantitative estimate of drug-likeness (QED) is 0.347. The molecule has 0 atom stereocenters. The number of anilines is 2. The van der Waals surface area contributed by atoms with E-state index in [-0.39, 0.29) is 0 Å². The molecule has 0 saturated carbocycles. The lowest BCUT2D eigenvalue weighted by Crippen LogP contribution is -2.44. The number of para-hydroxylation sites is 1. The number of aromatic nitrogens is 4. The Balaban J connectivity index is 1.47. The summed E-state index contributed by atoms with van der Waals surface area (Å²) in [4.78, 5) is 22.0. The fourth-order valence-corrected chi connectivity index (χ4v) is 5.23. The highest BCUT2D eigenvalue weighted by Crippen LogP contribution is 2.28. The first-order valence-corrected chi connectivity index (χ1v) is 13.7. The number of likely N-dealkylation sites (N-methyl/N-ethyl adjacent to an activating group) is 1. The van der Waals surface area contributed by atoms with Crippen LogP contribution in [0.15, 0.2) is 60.9 Å². The van der Waals surface area contributed by atoms with Crippen molar-refractivity contribution >= 4 is 22.7 Å². The normalized spacial score (nSPS) is 14.8. The lowest BCUT2D eigenvalue weighted by Gasteiger charge is -2.34. The topological polar surface area (TPSA) is 65.3 Å². The van der Waals surface area contributed by atoms with Gasteiger partial charge in [-0.15, -0.1) is 0 Å². The summed E-state index contributed by atoms with van der Waals surface area (Å²) < 4.78 is 2.04. The van der Waals surface area contributed by atoms with Gasteiger partial charge in [-0.1, -0.05) is 18.2 Å². The molecule has 2 aromatic carbocycles. The second kappa shape index (κ2) is 11.5. The second-order valence-electron chi connectivity index (χ2n) is 10.7. The van der Waals surface area contributed by atoms with Crippen molar-refractivity contribution in [2.75, 3.05) is 56.5 Å². The average Bonchev–Trinajstić information content (AvgIpc) is 3.36. The predicted molar refractivity (Wildman–Crippen MR) is 157 cm³/mol. The number of piperazine rings is 1. The molecule has 0 radical (unpaired) electrons. The molecular formula is C30H40N8. The van der Waals surface area contributed by atoms with Crippen LogP contribution in [0.5, 0.6) is 0 Å². The maximum absolute atomic E-state index is 5.01. The second-order valence-corrected chi connectivity index (χ2v) is 10.7. The van der Waals surface area contributed by atoms with E-state index in [0.717, 1.165) is 67.5 Å². The molecule has 1 aliphatic heterocycles. The zero-order valence-corrected chi connectivity index (χ0v) is 23.3. The molecule has 1 fully saturated rings. The number of nitrogens with one attached hydrogen (secondary N) is 1. The van der Waals surface area contributed by atoms with Crippen LogP contribution < -0.4 is 10.2 Å². The van der Waals surface area contributed by atoms with E-state index in [1.165, 1.54) is 5.69 Å². The van der Waals surface area contributed by atoms with Gasteiger partial charge in [0.1, 0.15) is 6.33 Å². The fourth-order valence-electron chi connectivity index (χ4n) is 5.23. The molecule has 8 nitrogen and oxygen atoms in total. The minimum atomic E-state index is 0.480. The number of nitrogens with zero attached hydrogens (tertiary/aromatic N) is 7. The highest BCUT2D eigenvalue weighted by molar-refractivity contribution is 5.86. The SMILES string of the molecule is CC(C)N(CCNc1nc(-c2ccc(N3CCN(C)CC3)cc2)nc2c1ncn2-c1ccccc1)C(C)C. The molecule has 1 saturated heterocycles. The number of hydrogen-bond acceptors (Lipinski definition) is 7. The van der Waals surface area contributed by atoms with Crippen LogP contribution >= 0.6 is 0 Å². The predicted octanol–water partition coefficient (Wildman–Crippen LogP) is 4.77. The van der Waals surface area contributed by atoms with Gasteiger partial charge in [-0.3, -0.25) is 9.47 Å². The molecule has 0 unspecified atom stereocenters. The Bertz CT molecular complexity index is 1310. The molecule has 1 N–H and O–H groups in total. The monoisotopic (exact) mass is 512 g/mol. The molecule has 1 aliphatic rings. The van der Waals surface area contributed by atoms with Gasteiger partial charge in [-0.2, -0.15) is 0 Å².